The van der Waals surface area contributed by atoms with Crippen molar-refractivity contribution in [2.45, 2.75) is 103 Å². The molecule has 0 aliphatic heterocycles. The zero-order valence-electron chi connectivity index (χ0n) is 31.3. The number of hydrogen-bond acceptors (Lipinski definition) is 0. The standard InChI is InChI=1S/C25H25.C10H17Si.C9H10.2ClH.Zr/c1-14-12-24(3,4)22-8-16-7-17-9-23-19(15(2)13-25(23,5)6)11-21(17)20(16)10-18(14)22;1-8-6-9(2)10(7-8)11(3,4)5;1-3-9-6-4-8(2)5-7-9;;;/h7-13H,1-6H3;7-8H,1-5H3;4-7H,1-2H3;2*1H;/q;;;;;+2/p-2. The zero-order chi connectivity index (χ0) is 33.2. The maximum atomic E-state index is 2.69. The summed E-state index contributed by atoms with van der Waals surface area (Å²) < 4.78 is 3.99. The second kappa shape index (κ2) is 12.4. The van der Waals surface area contributed by atoms with E-state index >= 15 is 0 Å². The van der Waals surface area contributed by atoms with Crippen LogP contribution in [-0.4, -0.2) is 11.3 Å². The molecule has 0 saturated heterocycles. The number of halogens is 2. The van der Waals surface area contributed by atoms with Gasteiger partial charge in [0.15, 0.2) is 0 Å². The van der Waals surface area contributed by atoms with Crippen LogP contribution in [0.4, 0.5) is 0 Å². The van der Waals surface area contributed by atoms with Crippen molar-refractivity contribution in [2.75, 3.05) is 0 Å². The minimum atomic E-state index is -2.68. The molecule has 0 heterocycles. The van der Waals surface area contributed by atoms with Crippen LogP contribution in [0.1, 0.15) is 110 Å². The maximum absolute atomic E-state index is 2.69. The van der Waals surface area contributed by atoms with E-state index in [1.165, 1.54) is 55.7 Å². The zero-order valence-corrected chi connectivity index (χ0v) is 36.2. The van der Waals surface area contributed by atoms with E-state index in [1.807, 2.05) is 3.28 Å². The van der Waals surface area contributed by atoms with Gasteiger partial charge in [0.2, 0.25) is 0 Å². The molecule has 0 N–H and O–H groups in total. The molecule has 4 heteroatoms. The van der Waals surface area contributed by atoms with E-state index < -0.39 is 29.3 Å². The third-order valence-electron chi connectivity index (χ3n) is 11.6. The Kier molecular flexibility index (Phi) is 9.70. The summed E-state index contributed by atoms with van der Waals surface area (Å²) in [5.74, 6) is 0.508. The summed E-state index contributed by atoms with van der Waals surface area (Å²) in [6, 6.07) is 20.1. The van der Waals surface area contributed by atoms with Gasteiger partial charge < -0.3 is 24.8 Å². The first-order valence-electron chi connectivity index (χ1n) is 17.4. The van der Waals surface area contributed by atoms with Crippen molar-refractivity contribution in [2.24, 2.45) is 5.92 Å². The molecule has 1 atom stereocenters. The van der Waals surface area contributed by atoms with Crippen LogP contribution >= 0.6 is 0 Å². The number of aryl methyl sites for hydroxylation is 1. The van der Waals surface area contributed by atoms with Gasteiger partial charge in [-0.15, -0.1) is 0 Å². The smallest absolute Gasteiger partial charge is 1.00 e. The van der Waals surface area contributed by atoms with Crippen molar-refractivity contribution in [1.29, 1.82) is 0 Å². The molecule has 7 rings (SSSR count). The van der Waals surface area contributed by atoms with E-state index in [4.69, 9.17) is 0 Å². The number of benzene rings is 3. The molecule has 48 heavy (non-hydrogen) atoms. The third-order valence-corrected chi connectivity index (χ3v) is 22.9. The minimum absolute atomic E-state index is 0. The SMILES string of the molecule is CC1=CC(C)(C)c2cc3c(cc21)-c1cc2c(cc1[CH]3/[Zr+2]([C]1=C(C)C([Si](C)(C)C)=CC1C)=[C](\C)c1ccc(C)cc1)C(C)(C)C=C2C.[Cl-].[Cl-]. The molecule has 0 radical (unpaired) electrons. The summed E-state index contributed by atoms with van der Waals surface area (Å²) in [7, 11) is -1.49. The fourth-order valence-corrected chi connectivity index (χ4v) is 21.3. The van der Waals surface area contributed by atoms with Crippen molar-refractivity contribution in [3.8, 4) is 11.1 Å². The summed E-state index contributed by atoms with van der Waals surface area (Å²) in [5.41, 5.74) is 19.6. The Morgan fingerprint density at radius 1 is 0.688 bits per heavy atom. The Balaban J connectivity index is 0.00000225. The molecular weight excluding hydrogens is 719 g/mol. The average Bonchev–Trinajstić information content (AvgIpc) is 3.59. The molecule has 0 saturated carbocycles. The van der Waals surface area contributed by atoms with Crippen molar-refractivity contribution >= 4 is 22.4 Å². The first-order valence-corrected chi connectivity index (χ1v) is 24.8. The second-order valence-corrected chi connectivity index (χ2v) is 28.7. The van der Waals surface area contributed by atoms with Gasteiger partial charge in [-0.25, -0.2) is 0 Å². The van der Waals surface area contributed by atoms with Crippen LogP contribution in [-0.2, 0) is 32.1 Å². The topological polar surface area (TPSA) is 0 Å². The van der Waals surface area contributed by atoms with E-state index in [1.54, 1.807) is 25.1 Å². The molecule has 0 aromatic heterocycles. The molecule has 0 fully saturated rings. The van der Waals surface area contributed by atoms with E-state index in [2.05, 4.69) is 156 Å². The second-order valence-electron chi connectivity index (χ2n) is 17.1. The molecule has 4 aliphatic carbocycles. The fourth-order valence-electron chi connectivity index (χ4n) is 9.51. The van der Waals surface area contributed by atoms with Gasteiger partial charge in [-0.1, -0.05) is 0 Å². The molecule has 3 aromatic rings. The number of rotatable bonds is 4. The normalized spacial score (nSPS) is 20.1. The molecule has 0 spiro atoms. The van der Waals surface area contributed by atoms with Crippen LogP contribution in [0.2, 0.25) is 19.6 Å². The number of allylic oxidation sites excluding steroid dienone is 8. The number of fused-ring (bicyclic) bond motifs is 5. The van der Waals surface area contributed by atoms with E-state index in [-0.39, 0.29) is 35.6 Å². The Labute approximate surface area is 311 Å². The van der Waals surface area contributed by atoms with Crippen molar-refractivity contribution < 1.29 is 46.1 Å². The van der Waals surface area contributed by atoms with E-state index in [0.717, 1.165) is 0 Å². The predicted octanol–water partition coefficient (Wildman–Crippen LogP) is 6.05. The molecular formula is C44H52Cl2SiZr. The van der Waals surface area contributed by atoms with Gasteiger partial charge in [-0.3, -0.25) is 0 Å². The van der Waals surface area contributed by atoms with Gasteiger partial charge in [0.05, 0.1) is 0 Å². The van der Waals surface area contributed by atoms with Gasteiger partial charge in [0.25, 0.3) is 0 Å². The Hall–Kier alpha value is -1.83. The summed E-state index contributed by atoms with van der Waals surface area (Å²) >= 11 is -2.68. The molecule has 0 amide bonds. The quantitative estimate of drug-likeness (QED) is 0.284. The van der Waals surface area contributed by atoms with Gasteiger partial charge in [0, 0.05) is 0 Å². The third kappa shape index (κ3) is 5.70. The predicted molar refractivity (Wildman–Crippen MR) is 201 cm³/mol. The van der Waals surface area contributed by atoms with Gasteiger partial charge in [-0.2, -0.15) is 0 Å². The van der Waals surface area contributed by atoms with Gasteiger partial charge in [-0.05, 0) is 0 Å². The molecule has 250 valence electrons. The summed E-state index contributed by atoms with van der Waals surface area (Å²) in [5, 5.41) is 1.70. The van der Waals surface area contributed by atoms with Crippen molar-refractivity contribution in [1.82, 2.24) is 0 Å². The maximum Gasteiger partial charge on any atom is -1.00 e. The van der Waals surface area contributed by atoms with E-state index in [9.17, 15) is 0 Å². The van der Waals surface area contributed by atoms with Crippen LogP contribution in [0.25, 0.3) is 22.3 Å². The first kappa shape index (κ1) is 37.4. The van der Waals surface area contributed by atoms with Crippen LogP contribution in [0.5, 0.6) is 0 Å². The van der Waals surface area contributed by atoms with Gasteiger partial charge in [0.1, 0.15) is 0 Å². The monoisotopic (exact) mass is 768 g/mol. The number of hydrogen-bond donors (Lipinski definition) is 0. The first-order chi connectivity index (χ1) is 21.4. The van der Waals surface area contributed by atoms with Crippen LogP contribution < -0.4 is 24.8 Å². The average molecular weight is 771 g/mol. The van der Waals surface area contributed by atoms with Crippen molar-refractivity contribution in [3.05, 3.63) is 125 Å². The Morgan fingerprint density at radius 3 is 1.56 bits per heavy atom. The van der Waals surface area contributed by atoms with Crippen molar-refractivity contribution in [3.63, 3.8) is 0 Å². The molecule has 3 aromatic carbocycles. The van der Waals surface area contributed by atoms with E-state index in [0.29, 0.717) is 9.54 Å². The molecule has 4 aliphatic rings. The van der Waals surface area contributed by atoms with Gasteiger partial charge >= 0.3 is 289 Å². The van der Waals surface area contributed by atoms with Crippen LogP contribution in [0.15, 0.2) is 80.8 Å². The Morgan fingerprint density at radius 2 is 1.15 bits per heavy atom. The minimum Gasteiger partial charge on any atom is -1.00 e. The summed E-state index contributed by atoms with van der Waals surface area (Å²) in [4.78, 5) is 0. The molecule has 0 bridgehead atoms. The summed E-state index contributed by atoms with van der Waals surface area (Å²) in [6.45, 7) is 31.7. The molecule has 1 unspecified atom stereocenters. The van der Waals surface area contributed by atoms with Crippen LogP contribution in [0.3, 0.4) is 0 Å². The molecule has 0 nitrogen and oxygen atoms in total. The fraction of sp³-hybridized carbons (Fsp3) is 0.386. The summed E-state index contributed by atoms with van der Waals surface area (Å²) in [6.07, 6.45) is 7.69. The van der Waals surface area contributed by atoms with Crippen LogP contribution in [0, 0.1) is 12.8 Å². The largest absolute Gasteiger partial charge is 1.00 e. The Bertz CT molecular complexity index is 1940.